The van der Waals surface area contributed by atoms with Crippen LogP contribution in [0.4, 0.5) is 8.78 Å². The van der Waals surface area contributed by atoms with Gasteiger partial charge in [0.2, 0.25) is 0 Å². The average Bonchev–Trinajstić information content (AvgIpc) is 2.38. The first-order valence-corrected chi connectivity index (χ1v) is 7.04. The number of ether oxygens (including phenoxy) is 1. The van der Waals surface area contributed by atoms with Gasteiger partial charge in [-0.2, -0.15) is 0 Å². The zero-order valence-corrected chi connectivity index (χ0v) is 12.0. The highest BCUT2D eigenvalue weighted by atomic mass is 19.2. The molecule has 1 saturated heterocycles. The van der Waals surface area contributed by atoms with Gasteiger partial charge in [0.1, 0.15) is 0 Å². The lowest BCUT2D eigenvalue weighted by Gasteiger charge is -2.35. The topological polar surface area (TPSA) is 38.5 Å². The molecule has 1 aliphatic rings. The highest BCUT2D eigenvalue weighted by molar-refractivity contribution is 5.22. The molecular weight excluding hydrogens is 262 g/mol. The minimum absolute atomic E-state index is 0.195. The van der Waals surface area contributed by atoms with Crippen LogP contribution in [0.1, 0.15) is 31.9 Å². The lowest BCUT2D eigenvalue weighted by Crippen LogP contribution is -2.46. The second-order valence-electron chi connectivity index (χ2n) is 5.56. The lowest BCUT2D eigenvalue weighted by molar-refractivity contribution is -0.0684. The Balaban J connectivity index is 1.91. The molecule has 3 unspecified atom stereocenters. The third-order valence-electron chi connectivity index (χ3n) is 3.63. The van der Waals surface area contributed by atoms with Gasteiger partial charge in [-0.15, -0.1) is 0 Å². The molecule has 5 heteroatoms. The van der Waals surface area contributed by atoms with E-state index in [1.807, 2.05) is 13.8 Å². The Kier molecular flexibility index (Phi) is 5.07. The van der Waals surface area contributed by atoms with Crippen molar-refractivity contribution >= 4 is 0 Å². The van der Waals surface area contributed by atoms with Gasteiger partial charge in [-0.3, -0.25) is 4.90 Å². The fraction of sp³-hybridized carbons (Fsp3) is 0.600. The summed E-state index contributed by atoms with van der Waals surface area (Å²) >= 11 is 0. The quantitative estimate of drug-likeness (QED) is 0.923. The second kappa shape index (κ2) is 6.61. The highest BCUT2D eigenvalue weighted by Crippen LogP contribution is 2.21. The summed E-state index contributed by atoms with van der Waals surface area (Å²) in [6.45, 7) is 6.53. The Morgan fingerprint density at radius 2 is 1.95 bits per heavy atom. The first-order chi connectivity index (χ1) is 9.47. The lowest BCUT2D eigenvalue weighted by atomic mass is 10.0. The van der Waals surface area contributed by atoms with Crippen molar-refractivity contribution in [2.75, 3.05) is 19.6 Å². The molecule has 2 N–H and O–H groups in total. The molecule has 0 radical (unpaired) electrons. The van der Waals surface area contributed by atoms with Gasteiger partial charge in [0.15, 0.2) is 11.6 Å². The number of morpholine rings is 1. The van der Waals surface area contributed by atoms with Crippen LogP contribution in [0.5, 0.6) is 0 Å². The first-order valence-electron chi connectivity index (χ1n) is 7.04. The molecule has 2 rings (SSSR count). The number of nitrogens with two attached hydrogens (primary N) is 1. The monoisotopic (exact) mass is 284 g/mol. The summed E-state index contributed by atoms with van der Waals surface area (Å²) in [6, 6.07) is 3.66. The summed E-state index contributed by atoms with van der Waals surface area (Å²) < 4.78 is 32.5. The van der Waals surface area contributed by atoms with Crippen molar-refractivity contribution in [1.29, 1.82) is 0 Å². The smallest absolute Gasteiger partial charge is 0.163 e. The second-order valence-corrected chi connectivity index (χ2v) is 5.56. The number of rotatable bonds is 4. The zero-order valence-electron chi connectivity index (χ0n) is 12.0. The fourth-order valence-corrected chi connectivity index (χ4v) is 2.75. The molecule has 0 amide bonds. The largest absolute Gasteiger partial charge is 0.373 e. The summed E-state index contributed by atoms with van der Waals surface area (Å²) in [4.78, 5) is 2.26. The molecule has 1 aliphatic heterocycles. The number of halogens is 2. The fourth-order valence-electron chi connectivity index (χ4n) is 2.75. The minimum atomic E-state index is -0.841. The van der Waals surface area contributed by atoms with Crippen molar-refractivity contribution in [3.05, 3.63) is 35.4 Å². The molecule has 1 fully saturated rings. The van der Waals surface area contributed by atoms with Gasteiger partial charge in [0.25, 0.3) is 0 Å². The number of nitrogens with zero attached hydrogens (tertiary/aromatic N) is 1. The third-order valence-corrected chi connectivity index (χ3v) is 3.63. The molecule has 0 spiro atoms. The van der Waals surface area contributed by atoms with Crippen LogP contribution in [-0.2, 0) is 4.74 Å². The Hall–Kier alpha value is -1.04. The van der Waals surface area contributed by atoms with Gasteiger partial charge in [-0.05, 0) is 26.3 Å². The molecule has 3 nitrogen and oxygen atoms in total. The maximum absolute atomic E-state index is 13.7. The normalized spacial score (nSPS) is 25.6. The summed E-state index contributed by atoms with van der Waals surface area (Å²) in [6.07, 6.45) is 0.988. The van der Waals surface area contributed by atoms with Crippen LogP contribution in [0.2, 0.25) is 0 Å². The van der Waals surface area contributed by atoms with E-state index in [1.54, 1.807) is 6.07 Å². The average molecular weight is 284 g/mol. The van der Waals surface area contributed by atoms with Crippen LogP contribution in [0.15, 0.2) is 18.2 Å². The Labute approximate surface area is 118 Å². The third kappa shape index (κ3) is 3.75. The molecule has 1 aromatic carbocycles. The van der Waals surface area contributed by atoms with E-state index in [2.05, 4.69) is 4.90 Å². The summed E-state index contributed by atoms with van der Waals surface area (Å²) in [5.74, 6) is -1.67. The van der Waals surface area contributed by atoms with E-state index >= 15 is 0 Å². The summed E-state index contributed by atoms with van der Waals surface area (Å²) in [5.41, 5.74) is 6.24. The van der Waals surface area contributed by atoms with E-state index in [1.165, 1.54) is 6.07 Å². The molecule has 3 atom stereocenters. The molecule has 1 aromatic rings. The maximum Gasteiger partial charge on any atom is 0.163 e. The van der Waals surface area contributed by atoms with Gasteiger partial charge in [-0.25, -0.2) is 8.78 Å². The van der Waals surface area contributed by atoms with E-state index < -0.39 is 17.7 Å². The number of hydrogen-bond acceptors (Lipinski definition) is 3. The van der Waals surface area contributed by atoms with E-state index in [9.17, 15) is 8.78 Å². The van der Waals surface area contributed by atoms with Crippen molar-refractivity contribution in [3.63, 3.8) is 0 Å². The Bertz CT molecular complexity index is 445. The standard InChI is InChI=1S/C15H22F2N2O/c1-10-8-19(9-11(2)20-10)7-6-14(18)12-4-3-5-13(16)15(12)17/h3-5,10-11,14H,6-9,18H2,1-2H3. The van der Waals surface area contributed by atoms with Gasteiger partial charge in [-0.1, -0.05) is 12.1 Å². The van der Waals surface area contributed by atoms with Crippen molar-refractivity contribution in [1.82, 2.24) is 4.90 Å². The molecule has 1 heterocycles. The zero-order chi connectivity index (χ0) is 14.7. The Morgan fingerprint density at radius 1 is 1.30 bits per heavy atom. The maximum atomic E-state index is 13.7. The van der Waals surface area contributed by atoms with Crippen molar-refractivity contribution in [2.45, 2.75) is 38.5 Å². The van der Waals surface area contributed by atoms with E-state index in [0.29, 0.717) is 6.42 Å². The molecule has 0 aromatic heterocycles. The molecular formula is C15H22F2N2O. The van der Waals surface area contributed by atoms with E-state index in [0.717, 1.165) is 25.7 Å². The molecule has 112 valence electrons. The molecule has 0 aliphatic carbocycles. The van der Waals surface area contributed by atoms with Gasteiger partial charge in [0, 0.05) is 31.2 Å². The van der Waals surface area contributed by atoms with Gasteiger partial charge in [0.05, 0.1) is 12.2 Å². The van der Waals surface area contributed by atoms with E-state index in [4.69, 9.17) is 10.5 Å². The molecule has 0 saturated carbocycles. The first kappa shape index (κ1) is 15.4. The summed E-state index contributed by atoms with van der Waals surface area (Å²) in [5, 5.41) is 0. The van der Waals surface area contributed by atoms with Crippen LogP contribution in [0.3, 0.4) is 0 Å². The van der Waals surface area contributed by atoms with Crippen molar-refractivity contribution in [3.8, 4) is 0 Å². The molecule has 0 bridgehead atoms. The van der Waals surface area contributed by atoms with Gasteiger partial charge >= 0.3 is 0 Å². The van der Waals surface area contributed by atoms with Crippen LogP contribution >= 0.6 is 0 Å². The SMILES string of the molecule is CC1CN(CCC(N)c2cccc(F)c2F)CC(C)O1. The predicted octanol–water partition coefficient (Wildman–Crippen LogP) is 2.46. The predicted molar refractivity (Wildman–Crippen MR) is 74.4 cm³/mol. The van der Waals surface area contributed by atoms with Crippen LogP contribution < -0.4 is 5.73 Å². The number of hydrogen-bond donors (Lipinski definition) is 1. The highest BCUT2D eigenvalue weighted by Gasteiger charge is 2.23. The van der Waals surface area contributed by atoms with Crippen LogP contribution in [0, 0.1) is 11.6 Å². The van der Waals surface area contributed by atoms with Crippen molar-refractivity contribution in [2.24, 2.45) is 5.73 Å². The molecule has 20 heavy (non-hydrogen) atoms. The minimum Gasteiger partial charge on any atom is -0.373 e. The summed E-state index contributed by atoms with van der Waals surface area (Å²) in [7, 11) is 0. The van der Waals surface area contributed by atoms with Gasteiger partial charge < -0.3 is 10.5 Å². The van der Waals surface area contributed by atoms with Crippen LogP contribution in [-0.4, -0.2) is 36.7 Å². The Morgan fingerprint density at radius 3 is 2.60 bits per heavy atom. The van der Waals surface area contributed by atoms with Crippen molar-refractivity contribution < 1.29 is 13.5 Å². The van der Waals surface area contributed by atoms with Crippen LogP contribution in [0.25, 0.3) is 0 Å². The number of benzene rings is 1. The van der Waals surface area contributed by atoms with E-state index in [-0.39, 0.29) is 17.8 Å².